The number of carboxylic acid groups (broad SMARTS) is 1. The number of hydrogen-bond acceptors (Lipinski definition) is 3. The first-order chi connectivity index (χ1) is 8.18. The first-order valence-electron chi connectivity index (χ1n) is 5.38. The van der Waals surface area contributed by atoms with Gasteiger partial charge < -0.3 is 15.3 Å². The summed E-state index contributed by atoms with van der Waals surface area (Å²) in [5, 5.41) is 10.5. The quantitative estimate of drug-likeness (QED) is 0.787. The van der Waals surface area contributed by atoms with E-state index < -0.39 is 6.09 Å². The van der Waals surface area contributed by atoms with Gasteiger partial charge in [0.15, 0.2) is 0 Å². The molecule has 1 aromatic heterocycles. The minimum Gasteiger partial charge on any atom is -0.465 e. The van der Waals surface area contributed by atoms with Crippen molar-refractivity contribution in [3.8, 4) is 0 Å². The van der Waals surface area contributed by atoms with Crippen LogP contribution >= 0.6 is 0 Å². The Labute approximate surface area is 98.3 Å². The maximum atomic E-state index is 11.8. The zero-order chi connectivity index (χ0) is 12.3. The monoisotopic (exact) mass is 235 g/mol. The lowest BCUT2D eigenvalue weighted by Crippen LogP contribution is -2.42. The van der Waals surface area contributed by atoms with Crippen LogP contribution in [0.2, 0.25) is 0 Å². The van der Waals surface area contributed by atoms with Crippen LogP contribution in [0.25, 0.3) is 0 Å². The summed E-state index contributed by atoms with van der Waals surface area (Å²) in [6.07, 6.45) is 3.97. The third-order valence-electron chi connectivity index (χ3n) is 2.69. The van der Waals surface area contributed by atoms with Crippen LogP contribution in [-0.4, -0.2) is 35.2 Å². The van der Waals surface area contributed by atoms with Gasteiger partial charge in [-0.25, -0.2) is 4.79 Å². The highest BCUT2D eigenvalue weighted by Gasteiger charge is 2.22. The molecule has 2 N–H and O–H groups in total. The maximum Gasteiger partial charge on any atom is 0.405 e. The summed E-state index contributed by atoms with van der Waals surface area (Å²) in [4.78, 5) is 27.8. The average molecular weight is 235 g/mol. The molecule has 0 bridgehead atoms. The molecule has 2 heterocycles. The van der Waals surface area contributed by atoms with E-state index in [0.717, 1.165) is 24.1 Å². The van der Waals surface area contributed by atoms with Crippen molar-refractivity contribution >= 4 is 17.7 Å². The van der Waals surface area contributed by atoms with Crippen molar-refractivity contribution in [3.05, 3.63) is 24.0 Å². The molecule has 1 aliphatic rings. The predicted molar refractivity (Wildman–Crippen MR) is 60.9 cm³/mol. The van der Waals surface area contributed by atoms with Crippen LogP contribution in [0.15, 0.2) is 18.5 Å². The van der Waals surface area contributed by atoms with E-state index in [2.05, 4.69) is 10.3 Å². The molecule has 0 atom stereocenters. The molecule has 6 nitrogen and oxygen atoms in total. The van der Waals surface area contributed by atoms with Crippen LogP contribution in [0.1, 0.15) is 12.0 Å². The van der Waals surface area contributed by atoms with Gasteiger partial charge in [0.2, 0.25) is 5.91 Å². The zero-order valence-electron chi connectivity index (χ0n) is 9.22. The number of carbonyl (C=O) groups is 2. The molecule has 0 unspecified atom stereocenters. The van der Waals surface area contributed by atoms with Gasteiger partial charge in [-0.15, -0.1) is 0 Å². The molecule has 0 aromatic carbocycles. The number of aromatic nitrogens is 1. The molecule has 0 saturated carbocycles. The van der Waals surface area contributed by atoms with E-state index in [9.17, 15) is 9.59 Å². The number of nitrogens with one attached hydrogen (secondary N) is 1. The number of nitrogens with zero attached hydrogens (tertiary/aromatic N) is 2. The van der Waals surface area contributed by atoms with E-state index in [1.54, 1.807) is 23.4 Å². The molecule has 0 saturated heterocycles. The van der Waals surface area contributed by atoms with Crippen molar-refractivity contribution in [2.75, 3.05) is 18.0 Å². The lowest BCUT2D eigenvalue weighted by Gasteiger charge is -2.29. The number of anilines is 1. The number of carbonyl (C=O) groups excluding carboxylic acids is 1. The summed E-state index contributed by atoms with van der Waals surface area (Å²) < 4.78 is 0. The highest BCUT2D eigenvalue weighted by Crippen LogP contribution is 2.25. The zero-order valence-corrected chi connectivity index (χ0v) is 9.22. The van der Waals surface area contributed by atoms with Crippen molar-refractivity contribution in [1.82, 2.24) is 10.3 Å². The Balaban J connectivity index is 2.12. The van der Waals surface area contributed by atoms with E-state index in [0.29, 0.717) is 6.54 Å². The van der Waals surface area contributed by atoms with Crippen molar-refractivity contribution in [3.63, 3.8) is 0 Å². The van der Waals surface area contributed by atoms with Crippen molar-refractivity contribution in [2.45, 2.75) is 12.8 Å². The Morgan fingerprint density at radius 1 is 1.53 bits per heavy atom. The van der Waals surface area contributed by atoms with Gasteiger partial charge in [-0.2, -0.15) is 0 Å². The number of aryl methyl sites for hydroxylation is 1. The van der Waals surface area contributed by atoms with Gasteiger partial charge in [0.1, 0.15) is 6.54 Å². The van der Waals surface area contributed by atoms with Crippen molar-refractivity contribution in [1.29, 1.82) is 0 Å². The van der Waals surface area contributed by atoms with Gasteiger partial charge >= 0.3 is 6.09 Å². The fourth-order valence-corrected chi connectivity index (χ4v) is 1.93. The second-order valence-electron chi connectivity index (χ2n) is 3.81. The van der Waals surface area contributed by atoms with Gasteiger partial charge in [-0.1, -0.05) is 0 Å². The van der Waals surface area contributed by atoms with Crippen LogP contribution in [0.3, 0.4) is 0 Å². The molecule has 0 spiro atoms. The second-order valence-corrected chi connectivity index (χ2v) is 3.81. The molecule has 0 radical (unpaired) electrons. The van der Waals surface area contributed by atoms with E-state index in [1.165, 1.54) is 0 Å². The summed E-state index contributed by atoms with van der Waals surface area (Å²) in [5.41, 5.74) is 1.87. The van der Waals surface area contributed by atoms with Gasteiger partial charge in [-0.3, -0.25) is 9.78 Å². The molecule has 1 aliphatic heterocycles. The normalized spacial score (nSPS) is 14.0. The van der Waals surface area contributed by atoms with Gasteiger partial charge in [-0.05, 0) is 24.5 Å². The summed E-state index contributed by atoms with van der Waals surface area (Å²) in [6, 6.07) is 1.78. The predicted octanol–water partition coefficient (Wildman–Crippen LogP) is 0.628. The smallest absolute Gasteiger partial charge is 0.405 e. The molecule has 0 aliphatic carbocycles. The molecule has 1 aromatic rings. The lowest BCUT2D eigenvalue weighted by atomic mass is 10.0. The molecule has 90 valence electrons. The number of pyridine rings is 1. The number of fused-ring (bicyclic) bond motifs is 1. The average Bonchev–Trinajstić information content (AvgIpc) is 2.35. The van der Waals surface area contributed by atoms with Crippen molar-refractivity contribution < 1.29 is 14.7 Å². The SMILES string of the molecule is O=C(O)NCC(=O)N1CCCc2cnccc21. The van der Waals surface area contributed by atoms with E-state index >= 15 is 0 Å². The first kappa shape index (κ1) is 11.4. The molecule has 17 heavy (non-hydrogen) atoms. The number of hydrogen-bond donors (Lipinski definition) is 2. The fraction of sp³-hybridized carbons (Fsp3) is 0.364. The van der Waals surface area contributed by atoms with Crippen LogP contribution in [0, 0.1) is 0 Å². The van der Waals surface area contributed by atoms with Crippen LogP contribution in [-0.2, 0) is 11.2 Å². The molecule has 2 rings (SSSR count). The minimum absolute atomic E-state index is 0.197. The van der Waals surface area contributed by atoms with Gasteiger partial charge in [0.25, 0.3) is 0 Å². The van der Waals surface area contributed by atoms with E-state index in [-0.39, 0.29) is 12.5 Å². The summed E-state index contributed by atoms with van der Waals surface area (Å²) in [7, 11) is 0. The first-order valence-corrected chi connectivity index (χ1v) is 5.38. The van der Waals surface area contributed by atoms with Crippen LogP contribution in [0.4, 0.5) is 10.5 Å². The fourth-order valence-electron chi connectivity index (χ4n) is 1.93. The topological polar surface area (TPSA) is 82.5 Å². The van der Waals surface area contributed by atoms with Crippen LogP contribution < -0.4 is 10.2 Å². The second kappa shape index (κ2) is 4.82. The highest BCUT2D eigenvalue weighted by molar-refractivity contribution is 5.97. The third kappa shape index (κ3) is 2.52. The molecular formula is C11H13N3O3. The van der Waals surface area contributed by atoms with E-state index in [1.807, 2.05) is 0 Å². The summed E-state index contributed by atoms with van der Waals surface area (Å²) >= 11 is 0. The van der Waals surface area contributed by atoms with Gasteiger partial charge in [0, 0.05) is 24.6 Å². The Hall–Kier alpha value is -2.11. The summed E-state index contributed by atoms with van der Waals surface area (Å²) in [5.74, 6) is -0.237. The Kier molecular flexibility index (Phi) is 3.22. The van der Waals surface area contributed by atoms with Gasteiger partial charge in [0.05, 0.1) is 0 Å². The molecule has 2 amide bonds. The molecule has 6 heteroatoms. The Morgan fingerprint density at radius 2 is 2.35 bits per heavy atom. The standard InChI is InChI=1S/C11H13N3O3/c15-10(7-13-11(16)17)14-5-1-2-8-6-12-4-3-9(8)14/h3-4,6,13H,1-2,5,7H2,(H,16,17). The highest BCUT2D eigenvalue weighted by atomic mass is 16.4. The molecule has 0 fully saturated rings. The Morgan fingerprint density at radius 3 is 3.12 bits per heavy atom. The van der Waals surface area contributed by atoms with Crippen molar-refractivity contribution in [2.24, 2.45) is 0 Å². The third-order valence-corrected chi connectivity index (χ3v) is 2.69. The minimum atomic E-state index is -1.19. The summed E-state index contributed by atoms with van der Waals surface area (Å²) in [6.45, 7) is 0.425. The number of amides is 2. The largest absolute Gasteiger partial charge is 0.465 e. The Bertz CT molecular complexity index is 447. The number of rotatable bonds is 2. The molecular weight excluding hydrogens is 222 g/mol. The lowest BCUT2D eigenvalue weighted by molar-refractivity contribution is -0.117. The van der Waals surface area contributed by atoms with E-state index in [4.69, 9.17) is 5.11 Å². The maximum absolute atomic E-state index is 11.8. The van der Waals surface area contributed by atoms with Crippen LogP contribution in [0.5, 0.6) is 0 Å².